The Labute approximate surface area is 119 Å². The minimum Gasteiger partial charge on any atom is -0.507 e. The molecule has 3 heteroatoms. The van der Waals surface area contributed by atoms with E-state index >= 15 is 0 Å². The Morgan fingerprint density at radius 2 is 2.05 bits per heavy atom. The summed E-state index contributed by atoms with van der Waals surface area (Å²) >= 11 is 0. The van der Waals surface area contributed by atoms with Crippen LogP contribution in [0.5, 0.6) is 0 Å². The SMILES string of the molecule is C=C/C=C(/O)C(=C)C(=C)/C=c1/cc(C2CNC2)[nH]c1=C. The van der Waals surface area contributed by atoms with Gasteiger partial charge in [0, 0.05) is 35.6 Å². The van der Waals surface area contributed by atoms with Crippen molar-refractivity contribution in [1.29, 1.82) is 0 Å². The van der Waals surface area contributed by atoms with E-state index in [1.54, 1.807) is 0 Å². The van der Waals surface area contributed by atoms with Gasteiger partial charge in [0.05, 0.1) is 0 Å². The summed E-state index contributed by atoms with van der Waals surface area (Å²) in [6, 6.07) is 2.08. The second-order valence-corrected chi connectivity index (χ2v) is 4.95. The number of hydrogen-bond donors (Lipinski definition) is 3. The number of aromatic amines is 1. The number of aromatic nitrogens is 1. The highest BCUT2D eigenvalue weighted by Crippen LogP contribution is 2.16. The molecule has 1 aliphatic rings. The van der Waals surface area contributed by atoms with Crippen molar-refractivity contribution < 1.29 is 5.11 Å². The van der Waals surface area contributed by atoms with Gasteiger partial charge in [-0.1, -0.05) is 32.4 Å². The molecular weight excluding hydrogens is 248 g/mol. The number of allylic oxidation sites excluding steroid dienone is 3. The molecule has 0 amide bonds. The highest BCUT2D eigenvalue weighted by atomic mass is 16.3. The highest BCUT2D eigenvalue weighted by Gasteiger charge is 2.19. The Kier molecular flexibility index (Phi) is 4.11. The maximum atomic E-state index is 9.75. The van der Waals surface area contributed by atoms with Crippen LogP contribution in [0.15, 0.2) is 54.9 Å². The van der Waals surface area contributed by atoms with Crippen molar-refractivity contribution in [2.24, 2.45) is 0 Å². The van der Waals surface area contributed by atoms with Crippen LogP contribution in [0.4, 0.5) is 0 Å². The first-order valence-electron chi connectivity index (χ1n) is 6.53. The lowest BCUT2D eigenvalue weighted by atomic mass is 9.99. The molecule has 20 heavy (non-hydrogen) atoms. The standard InChI is InChI=1S/C17H20N2O/c1-5-6-17(20)12(3)11(2)7-14-8-16(19-13(14)4)15-9-18-10-15/h5-8,15,18-20H,1-4,9-10H2/b14-7-,17-6+. The minimum atomic E-state index is 0.0748. The maximum Gasteiger partial charge on any atom is 0.122 e. The molecule has 1 saturated heterocycles. The highest BCUT2D eigenvalue weighted by molar-refractivity contribution is 5.60. The smallest absolute Gasteiger partial charge is 0.122 e. The average Bonchev–Trinajstić information content (AvgIpc) is 2.67. The number of aliphatic hydroxyl groups is 1. The fraction of sp³-hybridized carbons (Fsp3) is 0.176. The van der Waals surface area contributed by atoms with Gasteiger partial charge >= 0.3 is 0 Å². The molecule has 0 radical (unpaired) electrons. The molecule has 3 nitrogen and oxygen atoms in total. The van der Waals surface area contributed by atoms with Crippen molar-refractivity contribution in [3.63, 3.8) is 0 Å². The minimum absolute atomic E-state index is 0.0748. The van der Waals surface area contributed by atoms with Crippen molar-refractivity contribution >= 4 is 12.7 Å². The zero-order valence-electron chi connectivity index (χ0n) is 11.6. The van der Waals surface area contributed by atoms with Crippen LogP contribution in [0, 0.1) is 0 Å². The lowest BCUT2D eigenvalue weighted by molar-refractivity contribution is 0.426. The topological polar surface area (TPSA) is 48.0 Å². The van der Waals surface area contributed by atoms with Crippen molar-refractivity contribution in [3.05, 3.63) is 71.1 Å². The molecule has 2 heterocycles. The molecule has 0 saturated carbocycles. The Morgan fingerprint density at radius 1 is 1.35 bits per heavy atom. The Balaban J connectivity index is 2.26. The zero-order valence-corrected chi connectivity index (χ0v) is 11.6. The van der Waals surface area contributed by atoms with Crippen molar-refractivity contribution in [2.45, 2.75) is 5.92 Å². The van der Waals surface area contributed by atoms with Crippen LogP contribution in [0.25, 0.3) is 12.7 Å². The van der Waals surface area contributed by atoms with Gasteiger partial charge in [-0.15, -0.1) is 0 Å². The number of nitrogens with one attached hydrogen (secondary N) is 2. The number of aliphatic hydroxyl groups excluding tert-OH is 1. The fourth-order valence-electron chi connectivity index (χ4n) is 2.05. The second kappa shape index (κ2) is 5.80. The summed E-state index contributed by atoms with van der Waals surface area (Å²) in [7, 11) is 0. The van der Waals surface area contributed by atoms with Crippen LogP contribution < -0.4 is 15.9 Å². The summed E-state index contributed by atoms with van der Waals surface area (Å²) < 4.78 is 0. The van der Waals surface area contributed by atoms with E-state index in [-0.39, 0.29) is 5.76 Å². The molecule has 0 unspecified atom stereocenters. The van der Waals surface area contributed by atoms with E-state index in [4.69, 9.17) is 0 Å². The summed E-state index contributed by atoms with van der Waals surface area (Å²) in [6.45, 7) is 17.3. The molecule has 0 bridgehead atoms. The van der Waals surface area contributed by atoms with Crippen LogP contribution in [0.1, 0.15) is 11.6 Å². The molecule has 1 aromatic rings. The molecule has 0 atom stereocenters. The third-order valence-corrected chi connectivity index (χ3v) is 3.48. The van der Waals surface area contributed by atoms with E-state index in [9.17, 15) is 5.11 Å². The molecule has 0 spiro atoms. The number of hydrogen-bond acceptors (Lipinski definition) is 2. The van der Waals surface area contributed by atoms with Gasteiger partial charge in [0.25, 0.3) is 0 Å². The van der Waals surface area contributed by atoms with Gasteiger partial charge in [-0.25, -0.2) is 0 Å². The average molecular weight is 268 g/mol. The fourth-order valence-corrected chi connectivity index (χ4v) is 2.05. The van der Waals surface area contributed by atoms with Gasteiger partial charge in [0.1, 0.15) is 5.76 Å². The Morgan fingerprint density at radius 3 is 2.60 bits per heavy atom. The van der Waals surface area contributed by atoms with Gasteiger partial charge in [0.2, 0.25) is 0 Å². The summed E-state index contributed by atoms with van der Waals surface area (Å²) in [4.78, 5) is 3.30. The molecular formula is C17H20N2O. The van der Waals surface area contributed by atoms with Crippen LogP contribution >= 0.6 is 0 Å². The van der Waals surface area contributed by atoms with Crippen LogP contribution in [-0.4, -0.2) is 23.2 Å². The summed E-state index contributed by atoms with van der Waals surface area (Å²) in [5.41, 5.74) is 2.32. The molecule has 0 aliphatic carbocycles. The van der Waals surface area contributed by atoms with E-state index in [2.05, 4.69) is 42.7 Å². The first kappa shape index (κ1) is 14.2. The first-order chi connectivity index (χ1) is 9.52. The van der Waals surface area contributed by atoms with Gasteiger partial charge in [0.15, 0.2) is 0 Å². The van der Waals surface area contributed by atoms with Crippen LogP contribution in [-0.2, 0) is 0 Å². The lowest BCUT2D eigenvalue weighted by Gasteiger charge is -2.25. The van der Waals surface area contributed by atoms with E-state index < -0.39 is 0 Å². The van der Waals surface area contributed by atoms with Gasteiger partial charge in [-0.05, 0) is 29.0 Å². The Hall–Kier alpha value is -2.26. The molecule has 1 fully saturated rings. The third-order valence-electron chi connectivity index (χ3n) is 3.48. The summed E-state index contributed by atoms with van der Waals surface area (Å²) in [6.07, 6.45) is 4.89. The first-order valence-corrected chi connectivity index (χ1v) is 6.53. The van der Waals surface area contributed by atoms with Gasteiger partial charge < -0.3 is 15.4 Å². The van der Waals surface area contributed by atoms with Crippen LogP contribution in [0.3, 0.4) is 0 Å². The summed E-state index contributed by atoms with van der Waals surface area (Å²) in [5, 5.41) is 14.8. The van der Waals surface area contributed by atoms with Crippen molar-refractivity contribution in [3.8, 4) is 0 Å². The molecule has 1 aromatic heterocycles. The number of rotatable bonds is 5. The third kappa shape index (κ3) is 2.83. The number of H-pyrrole nitrogens is 1. The van der Waals surface area contributed by atoms with Gasteiger partial charge in [-0.3, -0.25) is 0 Å². The largest absolute Gasteiger partial charge is 0.507 e. The second-order valence-electron chi connectivity index (χ2n) is 4.95. The van der Waals surface area contributed by atoms with E-state index in [1.807, 2.05) is 6.08 Å². The molecule has 0 aromatic carbocycles. The quantitative estimate of drug-likeness (QED) is 0.561. The van der Waals surface area contributed by atoms with Crippen molar-refractivity contribution in [1.82, 2.24) is 10.3 Å². The monoisotopic (exact) mass is 268 g/mol. The zero-order chi connectivity index (χ0) is 14.7. The van der Waals surface area contributed by atoms with E-state index in [0.717, 1.165) is 23.7 Å². The molecule has 3 N–H and O–H groups in total. The summed E-state index contributed by atoms with van der Waals surface area (Å²) in [5.74, 6) is 0.606. The molecule has 1 aliphatic heterocycles. The van der Waals surface area contributed by atoms with E-state index in [0.29, 0.717) is 17.1 Å². The predicted octanol–water partition coefficient (Wildman–Crippen LogP) is 1.63. The van der Waals surface area contributed by atoms with Gasteiger partial charge in [-0.2, -0.15) is 0 Å². The normalized spacial score (nSPS) is 16.8. The van der Waals surface area contributed by atoms with Crippen LogP contribution in [0.2, 0.25) is 0 Å². The van der Waals surface area contributed by atoms with E-state index in [1.165, 1.54) is 17.8 Å². The maximum absolute atomic E-state index is 9.75. The van der Waals surface area contributed by atoms with Crippen molar-refractivity contribution in [2.75, 3.05) is 13.1 Å². The Bertz CT molecular complexity index is 687. The lowest BCUT2D eigenvalue weighted by Crippen LogP contribution is -2.40. The predicted molar refractivity (Wildman–Crippen MR) is 84.8 cm³/mol. The molecule has 104 valence electrons. The molecule has 2 rings (SSSR count).